The Hall–Kier alpha value is -1.83. The lowest BCUT2D eigenvalue weighted by Crippen LogP contribution is -2.80. The number of imide groups is 1. The maximum Gasteiger partial charge on any atom is 0.252 e. The number of fused-ring (bicyclic) bond motifs is 2. The van der Waals surface area contributed by atoms with E-state index in [0.29, 0.717) is 32.6 Å². The van der Waals surface area contributed by atoms with Crippen LogP contribution in [0.1, 0.15) is 12.0 Å². The predicted molar refractivity (Wildman–Crippen MR) is 83.3 cm³/mol. The van der Waals surface area contributed by atoms with Gasteiger partial charge in [-0.1, -0.05) is 12.1 Å². The number of benzene rings is 1. The molecule has 0 unspecified atom stereocenters. The first kappa shape index (κ1) is 15.7. The van der Waals surface area contributed by atoms with Crippen LogP contribution >= 0.6 is 0 Å². The van der Waals surface area contributed by atoms with Crippen molar-refractivity contribution in [3.05, 3.63) is 35.6 Å². The maximum absolute atomic E-state index is 13.3. The number of carbonyl (C=O) groups excluding carboxylic acids is 2. The molecule has 0 bridgehead atoms. The zero-order valence-corrected chi connectivity index (χ0v) is 13.5. The molecule has 1 aromatic carbocycles. The second-order valence-electron chi connectivity index (χ2n) is 7.07. The predicted octanol–water partition coefficient (Wildman–Crippen LogP) is -0.186. The molecule has 3 heterocycles. The van der Waals surface area contributed by atoms with Crippen LogP contribution in [0.15, 0.2) is 24.3 Å². The summed E-state index contributed by atoms with van der Waals surface area (Å²) >= 11 is 0. The lowest BCUT2D eigenvalue weighted by molar-refractivity contribution is -0.178. The Kier molecular flexibility index (Phi) is 3.49. The zero-order valence-electron chi connectivity index (χ0n) is 13.5. The number of aliphatic hydroxyl groups excluding tert-OH is 1. The van der Waals surface area contributed by atoms with Crippen molar-refractivity contribution in [1.29, 1.82) is 0 Å². The molecule has 0 aromatic heterocycles. The molecule has 3 aliphatic heterocycles. The lowest BCUT2D eigenvalue weighted by Gasteiger charge is -2.58. The molecular weight excluding hydrogens is 313 g/mol. The molecule has 3 fully saturated rings. The summed E-state index contributed by atoms with van der Waals surface area (Å²) in [6.07, 6.45) is -0.199. The summed E-state index contributed by atoms with van der Waals surface area (Å²) in [6, 6.07) is 6.01. The quantitative estimate of drug-likeness (QED) is 0.761. The number of piperazine rings is 1. The van der Waals surface area contributed by atoms with E-state index in [1.165, 1.54) is 24.1 Å². The highest BCUT2D eigenvalue weighted by molar-refractivity contribution is 6.05. The fourth-order valence-corrected chi connectivity index (χ4v) is 4.30. The minimum Gasteiger partial charge on any atom is -0.392 e. The molecular formula is C17H20FN3O3. The second-order valence-corrected chi connectivity index (χ2v) is 7.07. The van der Waals surface area contributed by atoms with Crippen molar-refractivity contribution in [2.75, 3.05) is 26.7 Å². The number of rotatable bonds is 2. The summed E-state index contributed by atoms with van der Waals surface area (Å²) < 4.78 is 13.3. The Balaban J connectivity index is 1.53. The van der Waals surface area contributed by atoms with Crippen molar-refractivity contribution in [1.82, 2.24) is 14.7 Å². The molecule has 1 N–H and O–H groups in total. The van der Waals surface area contributed by atoms with Crippen LogP contribution in [-0.2, 0) is 16.1 Å². The normalized spacial score (nSPS) is 29.9. The van der Waals surface area contributed by atoms with E-state index in [2.05, 4.69) is 4.90 Å². The van der Waals surface area contributed by atoms with Crippen molar-refractivity contribution >= 4 is 11.8 Å². The van der Waals surface area contributed by atoms with Crippen LogP contribution in [0.5, 0.6) is 0 Å². The summed E-state index contributed by atoms with van der Waals surface area (Å²) in [4.78, 5) is 30.2. The van der Waals surface area contributed by atoms with Crippen LogP contribution in [0.3, 0.4) is 0 Å². The molecule has 128 valence electrons. The van der Waals surface area contributed by atoms with Crippen molar-refractivity contribution in [3.63, 3.8) is 0 Å². The van der Waals surface area contributed by atoms with E-state index >= 15 is 0 Å². The molecule has 3 saturated heterocycles. The number of halogens is 1. The van der Waals surface area contributed by atoms with Crippen LogP contribution in [0, 0.1) is 5.82 Å². The second kappa shape index (κ2) is 5.34. The third-order valence-corrected chi connectivity index (χ3v) is 5.41. The molecule has 6 nitrogen and oxygen atoms in total. The van der Waals surface area contributed by atoms with Crippen LogP contribution < -0.4 is 0 Å². The number of hydrogen-bond donors (Lipinski definition) is 1. The number of amides is 2. The van der Waals surface area contributed by atoms with Crippen molar-refractivity contribution in [2.45, 2.75) is 30.7 Å². The van der Waals surface area contributed by atoms with Gasteiger partial charge in [-0.15, -0.1) is 0 Å². The Morgan fingerprint density at radius 3 is 2.79 bits per heavy atom. The van der Waals surface area contributed by atoms with E-state index in [1.54, 1.807) is 6.07 Å². The van der Waals surface area contributed by atoms with Gasteiger partial charge in [-0.2, -0.15) is 0 Å². The number of hydrogen-bond acceptors (Lipinski definition) is 5. The molecule has 2 amide bonds. The minimum atomic E-state index is -0.738. The van der Waals surface area contributed by atoms with Crippen LogP contribution in [0.2, 0.25) is 0 Å². The maximum atomic E-state index is 13.3. The minimum absolute atomic E-state index is 0.201. The van der Waals surface area contributed by atoms with Gasteiger partial charge in [0, 0.05) is 33.2 Å². The molecule has 0 saturated carbocycles. The van der Waals surface area contributed by atoms with Crippen LogP contribution in [0.25, 0.3) is 0 Å². The summed E-state index contributed by atoms with van der Waals surface area (Å²) in [5.41, 5.74) is 0.119. The van der Waals surface area contributed by atoms with Gasteiger partial charge in [0.1, 0.15) is 11.4 Å². The summed E-state index contributed by atoms with van der Waals surface area (Å²) in [5.74, 6) is -0.705. The first-order valence-corrected chi connectivity index (χ1v) is 8.14. The van der Waals surface area contributed by atoms with E-state index < -0.39 is 17.7 Å². The highest BCUT2D eigenvalue weighted by atomic mass is 19.1. The lowest BCUT2D eigenvalue weighted by atomic mass is 9.82. The number of carbonyl (C=O) groups is 2. The van der Waals surface area contributed by atoms with Crippen LogP contribution in [0.4, 0.5) is 4.39 Å². The third kappa shape index (κ3) is 2.19. The van der Waals surface area contributed by atoms with Gasteiger partial charge in [-0.25, -0.2) is 4.39 Å². The first-order valence-electron chi connectivity index (χ1n) is 8.14. The Morgan fingerprint density at radius 2 is 2.08 bits per heavy atom. The number of aliphatic hydroxyl groups is 1. The van der Waals surface area contributed by atoms with Gasteiger partial charge in [0.05, 0.1) is 12.1 Å². The Morgan fingerprint density at radius 1 is 1.33 bits per heavy atom. The van der Waals surface area contributed by atoms with Gasteiger partial charge in [-0.3, -0.25) is 24.3 Å². The smallest absolute Gasteiger partial charge is 0.252 e. The van der Waals surface area contributed by atoms with E-state index in [9.17, 15) is 19.1 Å². The standard InChI is InChI=1S/C17H20FN3O3/c1-19-15(23)14-6-13(22)8-21(14)17(16(19)24)9-20(10-17)7-11-3-2-4-12(18)5-11/h2-5,13-14,22H,6-10H2,1H3/t13-,14+/m1/s1. The highest BCUT2D eigenvalue weighted by Gasteiger charge is 2.63. The molecule has 3 aliphatic rings. The highest BCUT2D eigenvalue weighted by Crippen LogP contribution is 2.40. The molecule has 1 spiro atoms. The van der Waals surface area contributed by atoms with Crippen molar-refractivity contribution in [2.24, 2.45) is 0 Å². The van der Waals surface area contributed by atoms with Gasteiger partial charge in [-0.05, 0) is 24.1 Å². The third-order valence-electron chi connectivity index (χ3n) is 5.41. The summed E-state index contributed by atoms with van der Waals surface area (Å²) in [5, 5.41) is 9.95. The van der Waals surface area contributed by atoms with E-state index in [-0.39, 0.29) is 17.6 Å². The SMILES string of the molecule is CN1C(=O)[C@@H]2C[C@@H](O)CN2C2(CN(Cc3cccc(F)c3)C2)C1=O. The van der Waals surface area contributed by atoms with Crippen LogP contribution in [-0.4, -0.2) is 76.0 Å². The molecule has 2 atom stereocenters. The van der Waals surface area contributed by atoms with Gasteiger partial charge >= 0.3 is 0 Å². The van der Waals surface area contributed by atoms with E-state index in [0.717, 1.165) is 5.56 Å². The molecule has 0 radical (unpaired) electrons. The number of likely N-dealkylation sites (tertiary alicyclic amines) is 1. The molecule has 4 rings (SSSR count). The van der Waals surface area contributed by atoms with Crippen molar-refractivity contribution < 1.29 is 19.1 Å². The number of likely N-dealkylation sites (N-methyl/N-ethyl adjacent to an activating group) is 1. The zero-order chi connectivity index (χ0) is 17.1. The van der Waals surface area contributed by atoms with Crippen molar-refractivity contribution in [3.8, 4) is 0 Å². The Bertz CT molecular complexity index is 704. The fourth-order valence-electron chi connectivity index (χ4n) is 4.30. The first-order chi connectivity index (χ1) is 11.4. The Labute approximate surface area is 139 Å². The molecule has 0 aliphatic carbocycles. The summed E-state index contributed by atoms with van der Waals surface area (Å²) in [7, 11) is 1.52. The summed E-state index contributed by atoms with van der Waals surface area (Å²) in [6.45, 7) is 1.89. The average Bonchev–Trinajstić information content (AvgIpc) is 2.89. The molecule has 24 heavy (non-hydrogen) atoms. The number of nitrogens with zero attached hydrogens (tertiary/aromatic N) is 3. The molecule has 7 heteroatoms. The van der Waals surface area contributed by atoms with Gasteiger partial charge < -0.3 is 5.11 Å². The van der Waals surface area contributed by atoms with E-state index in [4.69, 9.17) is 0 Å². The van der Waals surface area contributed by atoms with Gasteiger partial charge in [0.15, 0.2) is 0 Å². The molecule has 1 aromatic rings. The monoisotopic (exact) mass is 333 g/mol. The fraction of sp³-hybridized carbons (Fsp3) is 0.529. The largest absolute Gasteiger partial charge is 0.392 e. The average molecular weight is 333 g/mol. The topological polar surface area (TPSA) is 64.1 Å². The number of β-amino-alcohol motifs (C(OH)–C–C–N with tert-alkyl or cyclic N) is 1. The van der Waals surface area contributed by atoms with Gasteiger partial charge in [0.25, 0.3) is 5.91 Å². The van der Waals surface area contributed by atoms with E-state index in [1.807, 2.05) is 11.0 Å². The van der Waals surface area contributed by atoms with Gasteiger partial charge in [0.2, 0.25) is 5.91 Å².